The molecular weight excluding hydrogens is 304 g/mol. The molecule has 0 aliphatic carbocycles. The average Bonchev–Trinajstić information content (AvgIpc) is 3.00. The molecule has 0 bridgehead atoms. The van der Waals surface area contributed by atoms with E-state index in [9.17, 15) is 4.79 Å². The lowest BCUT2D eigenvalue weighted by Gasteiger charge is -2.23. The maximum atomic E-state index is 12.3. The van der Waals surface area contributed by atoms with Crippen LogP contribution in [0.3, 0.4) is 0 Å². The summed E-state index contributed by atoms with van der Waals surface area (Å²) in [4.78, 5) is 14.7. The van der Waals surface area contributed by atoms with E-state index in [-0.39, 0.29) is 5.91 Å². The summed E-state index contributed by atoms with van der Waals surface area (Å²) in [6.07, 6.45) is 2.33. The SMILES string of the molecule is CCN1CCCC1CNC(=O)c1cc(Cl)c2c(c1)OCCO2. The number of likely N-dealkylation sites (tertiary alicyclic amines) is 1. The van der Waals surface area contributed by atoms with Crippen molar-refractivity contribution in [3.05, 3.63) is 22.7 Å². The summed E-state index contributed by atoms with van der Waals surface area (Å²) in [6.45, 7) is 5.91. The van der Waals surface area contributed by atoms with Gasteiger partial charge in [-0.2, -0.15) is 0 Å². The van der Waals surface area contributed by atoms with Crippen LogP contribution >= 0.6 is 11.6 Å². The third kappa shape index (κ3) is 3.15. The normalized spacial score (nSPS) is 20.9. The fourth-order valence-electron chi connectivity index (χ4n) is 3.10. The van der Waals surface area contributed by atoms with Crippen LogP contribution in [0.2, 0.25) is 5.02 Å². The molecule has 2 aliphatic rings. The Morgan fingerprint density at radius 2 is 2.23 bits per heavy atom. The molecule has 1 saturated heterocycles. The number of likely N-dealkylation sites (N-methyl/N-ethyl adjacent to an activating group) is 1. The zero-order valence-corrected chi connectivity index (χ0v) is 13.5. The van der Waals surface area contributed by atoms with Crippen molar-refractivity contribution in [2.75, 3.05) is 32.8 Å². The summed E-state index contributed by atoms with van der Waals surface area (Å²) in [6, 6.07) is 3.76. The van der Waals surface area contributed by atoms with Crippen molar-refractivity contribution < 1.29 is 14.3 Å². The number of halogens is 1. The van der Waals surface area contributed by atoms with Gasteiger partial charge in [-0.25, -0.2) is 0 Å². The number of carbonyl (C=O) groups is 1. The van der Waals surface area contributed by atoms with E-state index in [2.05, 4.69) is 17.1 Å². The highest BCUT2D eigenvalue weighted by molar-refractivity contribution is 6.32. The van der Waals surface area contributed by atoms with Gasteiger partial charge in [0.1, 0.15) is 13.2 Å². The number of fused-ring (bicyclic) bond motifs is 1. The molecule has 2 heterocycles. The van der Waals surface area contributed by atoms with Gasteiger partial charge in [-0.3, -0.25) is 9.69 Å². The molecule has 1 aromatic carbocycles. The van der Waals surface area contributed by atoms with Crippen LogP contribution in [-0.2, 0) is 0 Å². The van der Waals surface area contributed by atoms with Gasteiger partial charge in [0.05, 0.1) is 5.02 Å². The predicted octanol–water partition coefficient (Wildman–Crippen LogP) is 2.33. The van der Waals surface area contributed by atoms with Gasteiger partial charge in [0.2, 0.25) is 0 Å². The fourth-order valence-corrected chi connectivity index (χ4v) is 3.36. The monoisotopic (exact) mass is 324 g/mol. The van der Waals surface area contributed by atoms with Crippen LogP contribution in [0, 0.1) is 0 Å². The van der Waals surface area contributed by atoms with Gasteiger partial charge < -0.3 is 14.8 Å². The molecule has 0 spiro atoms. The number of ether oxygens (including phenoxy) is 2. The van der Waals surface area contributed by atoms with E-state index < -0.39 is 0 Å². The number of nitrogens with one attached hydrogen (secondary N) is 1. The second-order valence-electron chi connectivity index (χ2n) is 5.62. The molecule has 0 radical (unpaired) electrons. The summed E-state index contributed by atoms with van der Waals surface area (Å²) < 4.78 is 11.0. The maximum Gasteiger partial charge on any atom is 0.251 e. The number of hydrogen-bond acceptors (Lipinski definition) is 4. The van der Waals surface area contributed by atoms with Crippen LogP contribution in [-0.4, -0.2) is 49.7 Å². The minimum atomic E-state index is -0.123. The van der Waals surface area contributed by atoms with E-state index in [4.69, 9.17) is 21.1 Å². The van der Waals surface area contributed by atoms with Gasteiger partial charge in [0, 0.05) is 18.2 Å². The van der Waals surface area contributed by atoms with Gasteiger partial charge >= 0.3 is 0 Å². The molecule has 2 aliphatic heterocycles. The Labute approximate surface area is 135 Å². The van der Waals surface area contributed by atoms with Crippen LogP contribution < -0.4 is 14.8 Å². The van der Waals surface area contributed by atoms with Crippen molar-refractivity contribution in [2.24, 2.45) is 0 Å². The summed E-state index contributed by atoms with van der Waals surface area (Å²) in [7, 11) is 0. The standard InChI is InChI=1S/C16H21ClN2O3/c1-2-19-5-3-4-12(19)10-18-16(20)11-8-13(17)15-14(9-11)21-6-7-22-15/h8-9,12H,2-7,10H2,1H3,(H,18,20). The van der Waals surface area contributed by atoms with Gasteiger partial charge in [0.25, 0.3) is 5.91 Å². The average molecular weight is 325 g/mol. The Hall–Kier alpha value is -1.46. The van der Waals surface area contributed by atoms with Crippen molar-refractivity contribution >= 4 is 17.5 Å². The van der Waals surface area contributed by atoms with Crippen molar-refractivity contribution in [3.63, 3.8) is 0 Å². The minimum Gasteiger partial charge on any atom is -0.486 e. The van der Waals surface area contributed by atoms with E-state index in [0.717, 1.165) is 19.5 Å². The van der Waals surface area contributed by atoms with E-state index in [0.29, 0.717) is 47.9 Å². The fraction of sp³-hybridized carbons (Fsp3) is 0.562. The molecule has 1 amide bonds. The summed E-state index contributed by atoms with van der Waals surface area (Å²) in [5.41, 5.74) is 0.510. The Balaban J connectivity index is 1.66. The highest BCUT2D eigenvalue weighted by atomic mass is 35.5. The summed E-state index contributed by atoms with van der Waals surface area (Å²) in [5, 5.41) is 3.42. The van der Waals surface area contributed by atoms with E-state index in [1.54, 1.807) is 12.1 Å². The van der Waals surface area contributed by atoms with E-state index in [1.165, 1.54) is 6.42 Å². The number of amides is 1. The van der Waals surface area contributed by atoms with Gasteiger partial charge in [-0.1, -0.05) is 18.5 Å². The first-order valence-electron chi connectivity index (χ1n) is 7.80. The van der Waals surface area contributed by atoms with Gasteiger partial charge in [0.15, 0.2) is 11.5 Å². The van der Waals surface area contributed by atoms with E-state index >= 15 is 0 Å². The molecule has 120 valence electrons. The lowest BCUT2D eigenvalue weighted by atomic mass is 10.1. The minimum absolute atomic E-state index is 0.123. The van der Waals surface area contributed by atoms with Gasteiger partial charge in [-0.05, 0) is 38.1 Å². The molecule has 3 rings (SSSR count). The summed E-state index contributed by atoms with van der Waals surface area (Å²) >= 11 is 6.17. The van der Waals surface area contributed by atoms with Crippen LogP contribution in [0.4, 0.5) is 0 Å². The Morgan fingerprint density at radius 3 is 3.05 bits per heavy atom. The smallest absolute Gasteiger partial charge is 0.251 e. The second kappa shape index (κ2) is 6.75. The number of rotatable bonds is 4. The Kier molecular flexibility index (Phi) is 4.74. The van der Waals surface area contributed by atoms with Crippen molar-refractivity contribution in [1.29, 1.82) is 0 Å². The van der Waals surface area contributed by atoms with Gasteiger partial charge in [-0.15, -0.1) is 0 Å². The highest BCUT2D eigenvalue weighted by Crippen LogP contribution is 2.38. The molecule has 6 heteroatoms. The first kappa shape index (κ1) is 15.4. The summed E-state index contributed by atoms with van der Waals surface area (Å²) in [5.74, 6) is 0.944. The van der Waals surface area contributed by atoms with Crippen molar-refractivity contribution in [2.45, 2.75) is 25.8 Å². The lowest BCUT2D eigenvalue weighted by molar-refractivity contribution is 0.0940. The predicted molar refractivity (Wildman–Crippen MR) is 85.0 cm³/mol. The Morgan fingerprint density at radius 1 is 1.41 bits per heavy atom. The van der Waals surface area contributed by atoms with Crippen LogP contribution in [0.5, 0.6) is 11.5 Å². The second-order valence-corrected chi connectivity index (χ2v) is 6.02. The third-order valence-electron chi connectivity index (χ3n) is 4.26. The molecule has 22 heavy (non-hydrogen) atoms. The van der Waals surface area contributed by atoms with Crippen molar-refractivity contribution in [1.82, 2.24) is 10.2 Å². The zero-order valence-electron chi connectivity index (χ0n) is 12.7. The number of nitrogens with zero attached hydrogens (tertiary/aromatic N) is 1. The molecule has 0 saturated carbocycles. The molecule has 1 fully saturated rings. The largest absolute Gasteiger partial charge is 0.486 e. The quantitative estimate of drug-likeness (QED) is 0.923. The molecular formula is C16H21ClN2O3. The molecule has 1 atom stereocenters. The number of benzene rings is 1. The zero-order chi connectivity index (χ0) is 15.5. The topological polar surface area (TPSA) is 50.8 Å². The first-order chi connectivity index (χ1) is 10.7. The first-order valence-corrected chi connectivity index (χ1v) is 8.18. The number of hydrogen-bond donors (Lipinski definition) is 1. The lowest BCUT2D eigenvalue weighted by Crippen LogP contribution is -2.40. The van der Waals surface area contributed by atoms with Crippen LogP contribution in [0.15, 0.2) is 12.1 Å². The van der Waals surface area contributed by atoms with Crippen LogP contribution in [0.25, 0.3) is 0 Å². The molecule has 1 unspecified atom stereocenters. The highest BCUT2D eigenvalue weighted by Gasteiger charge is 2.24. The molecule has 1 N–H and O–H groups in total. The Bertz CT molecular complexity index is 565. The van der Waals surface area contributed by atoms with E-state index in [1.807, 2.05) is 0 Å². The third-order valence-corrected chi connectivity index (χ3v) is 4.54. The van der Waals surface area contributed by atoms with Crippen LogP contribution in [0.1, 0.15) is 30.1 Å². The molecule has 5 nitrogen and oxygen atoms in total. The van der Waals surface area contributed by atoms with Crippen molar-refractivity contribution in [3.8, 4) is 11.5 Å². The molecule has 1 aromatic rings. The maximum absolute atomic E-state index is 12.3. The number of carbonyl (C=O) groups excluding carboxylic acids is 1. The molecule has 0 aromatic heterocycles.